The number of hydrogen-bond donors (Lipinski definition) is 1. The Hall–Kier alpha value is -0.610. The van der Waals surface area contributed by atoms with Crippen molar-refractivity contribution in [3.8, 4) is 0 Å². The molecule has 13 heavy (non-hydrogen) atoms. The lowest BCUT2D eigenvalue weighted by molar-refractivity contribution is -0.174. The van der Waals surface area contributed by atoms with E-state index in [0.29, 0.717) is 6.04 Å². The molecule has 1 aliphatic heterocycles. The van der Waals surface area contributed by atoms with Gasteiger partial charge in [-0.3, -0.25) is 9.63 Å². The fourth-order valence-corrected chi connectivity index (χ4v) is 1.56. The lowest BCUT2D eigenvalue weighted by Gasteiger charge is -2.28. The average molecular weight is 186 g/mol. The van der Waals surface area contributed by atoms with Crippen molar-refractivity contribution in [1.29, 1.82) is 0 Å². The molecule has 4 heteroatoms. The standard InChI is InChI=1S/C9H18N2O2/c1-7-4-5-8(6-10-7)9(12)11(2)13-3/h7-8,10H,4-6H2,1-3H3. The molecule has 0 aromatic heterocycles. The number of piperidine rings is 1. The number of rotatable bonds is 2. The van der Waals surface area contributed by atoms with E-state index in [1.165, 1.54) is 12.2 Å². The highest BCUT2D eigenvalue weighted by atomic mass is 16.7. The molecule has 4 nitrogen and oxygen atoms in total. The van der Waals surface area contributed by atoms with Crippen molar-refractivity contribution in [2.75, 3.05) is 20.7 Å². The van der Waals surface area contributed by atoms with Gasteiger partial charge >= 0.3 is 0 Å². The van der Waals surface area contributed by atoms with Gasteiger partial charge in [-0.2, -0.15) is 0 Å². The van der Waals surface area contributed by atoms with Crippen LogP contribution in [0, 0.1) is 5.92 Å². The lowest BCUT2D eigenvalue weighted by Crippen LogP contribution is -2.44. The maximum atomic E-state index is 11.6. The first-order valence-electron chi connectivity index (χ1n) is 4.70. The van der Waals surface area contributed by atoms with Crippen molar-refractivity contribution in [3.05, 3.63) is 0 Å². The van der Waals surface area contributed by atoms with E-state index in [0.717, 1.165) is 19.4 Å². The van der Waals surface area contributed by atoms with Gasteiger partial charge in [-0.15, -0.1) is 0 Å². The van der Waals surface area contributed by atoms with Crippen molar-refractivity contribution in [1.82, 2.24) is 10.4 Å². The van der Waals surface area contributed by atoms with E-state index in [1.54, 1.807) is 7.05 Å². The summed E-state index contributed by atoms with van der Waals surface area (Å²) < 4.78 is 0. The van der Waals surface area contributed by atoms with Gasteiger partial charge in [0, 0.05) is 19.6 Å². The second-order valence-corrected chi connectivity index (χ2v) is 3.60. The highest BCUT2D eigenvalue weighted by Crippen LogP contribution is 2.15. The maximum Gasteiger partial charge on any atom is 0.250 e. The minimum Gasteiger partial charge on any atom is -0.313 e. The third-order valence-corrected chi connectivity index (χ3v) is 2.59. The highest BCUT2D eigenvalue weighted by Gasteiger charge is 2.26. The smallest absolute Gasteiger partial charge is 0.250 e. The first-order valence-corrected chi connectivity index (χ1v) is 4.70. The number of nitrogens with one attached hydrogen (secondary N) is 1. The van der Waals surface area contributed by atoms with Crippen LogP contribution in [0.5, 0.6) is 0 Å². The third kappa shape index (κ3) is 2.67. The maximum absolute atomic E-state index is 11.6. The Morgan fingerprint density at radius 3 is 2.69 bits per heavy atom. The largest absolute Gasteiger partial charge is 0.313 e. The molecule has 76 valence electrons. The van der Waals surface area contributed by atoms with E-state index in [-0.39, 0.29) is 11.8 Å². The molecule has 0 saturated carbocycles. The van der Waals surface area contributed by atoms with E-state index in [9.17, 15) is 4.79 Å². The molecule has 0 aliphatic carbocycles. The van der Waals surface area contributed by atoms with Crippen molar-refractivity contribution in [3.63, 3.8) is 0 Å². The number of nitrogens with zero attached hydrogens (tertiary/aromatic N) is 1. The predicted molar refractivity (Wildman–Crippen MR) is 50.0 cm³/mol. The SMILES string of the molecule is CON(C)C(=O)C1CCC(C)NC1. The number of carbonyl (C=O) groups excluding carboxylic acids is 1. The van der Waals surface area contributed by atoms with Crippen LogP contribution in [-0.2, 0) is 9.63 Å². The minimum atomic E-state index is 0.0712. The number of carbonyl (C=O) groups is 1. The van der Waals surface area contributed by atoms with Gasteiger partial charge < -0.3 is 5.32 Å². The Morgan fingerprint density at radius 2 is 2.23 bits per heavy atom. The molecule has 1 aliphatic rings. The molecular weight excluding hydrogens is 168 g/mol. The molecule has 1 heterocycles. The Labute approximate surface area is 79.2 Å². The van der Waals surface area contributed by atoms with E-state index >= 15 is 0 Å². The molecule has 1 amide bonds. The van der Waals surface area contributed by atoms with E-state index in [2.05, 4.69) is 12.2 Å². The summed E-state index contributed by atoms with van der Waals surface area (Å²) in [5, 5.41) is 4.60. The van der Waals surface area contributed by atoms with Gasteiger partial charge in [-0.1, -0.05) is 0 Å². The topological polar surface area (TPSA) is 41.6 Å². The Bertz CT molecular complexity index is 176. The van der Waals surface area contributed by atoms with E-state index < -0.39 is 0 Å². The summed E-state index contributed by atoms with van der Waals surface area (Å²) in [7, 11) is 3.16. The van der Waals surface area contributed by atoms with Crippen LogP contribution in [0.1, 0.15) is 19.8 Å². The second-order valence-electron chi connectivity index (χ2n) is 3.60. The molecule has 0 aromatic carbocycles. The molecule has 0 aromatic rings. The molecule has 1 saturated heterocycles. The summed E-state index contributed by atoms with van der Waals surface area (Å²) in [5.74, 6) is 0.156. The van der Waals surface area contributed by atoms with Crippen LogP contribution < -0.4 is 5.32 Å². The molecule has 1 rings (SSSR count). The number of hydroxylamine groups is 2. The fraction of sp³-hybridized carbons (Fsp3) is 0.889. The first kappa shape index (κ1) is 10.5. The highest BCUT2D eigenvalue weighted by molar-refractivity contribution is 5.77. The summed E-state index contributed by atoms with van der Waals surface area (Å²) in [5.41, 5.74) is 0. The first-order chi connectivity index (χ1) is 6.15. The van der Waals surface area contributed by atoms with E-state index in [4.69, 9.17) is 4.84 Å². The molecule has 1 fully saturated rings. The van der Waals surface area contributed by atoms with Gasteiger partial charge in [0.15, 0.2) is 0 Å². The zero-order valence-corrected chi connectivity index (χ0v) is 8.54. The van der Waals surface area contributed by atoms with Crippen molar-refractivity contribution < 1.29 is 9.63 Å². The summed E-state index contributed by atoms with van der Waals surface area (Å²) in [6, 6.07) is 0.539. The monoisotopic (exact) mass is 186 g/mol. The van der Waals surface area contributed by atoms with Gasteiger partial charge in [0.25, 0.3) is 0 Å². The zero-order chi connectivity index (χ0) is 9.84. The van der Waals surface area contributed by atoms with E-state index in [1.807, 2.05) is 0 Å². The molecule has 0 radical (unpaired) electrons. The van der Waals surface area contributed by atoms with Crippen LogP contribution in [-0.4, -0.2) is 37.7 Å². The van der Waals surface area contributed by atoms with Crippen LogP contribution in [0.2, 0.25) is 0 Å². The quantitative estimate of drug-likeness (QED) is 0.634. The van der Waals surface area contributed by atoms with Crippen LogP contribution in [0.15, 0.2) is 0 Å². The molecule has 0 spiro atoms. The lowest BCUT2D eigenvalue weighted by atomic mass is 9.95. The summed E-state index contributed by atoms with van der Waals surface area (Å²) in [4.78, 5) is 16.4. The normalized spacial score (nSPS) is 28.5. The average Bonchev–Trinajstić information content (AvgIpc) is 2.17. The Balaban J connectivity index is 2.40. The Morgan fingerprint density at radius 1 is 1.54 bits per heavy atom. The van der Waals surface area contributed by atoms with Gasteiger partial charge in [0.2, 0.25) is 5.91 Å². The summed E-state index contributed by atoms with van der Waals surface area (Å²) in [6.45, 7) is 2.91. The molecular formula is C9H18N2O2. The molecule has 0 bridgehead atoms. The second kappa shape index (κ2) is 4.58. The van der Waals surface area contributed by atoms with Gasteiger partial charge in [0.1, 0.15) is 0 Å². The van der Waals surface area contributed by atoms with Gasteiger partial charge in [-0.25, -0.2) is 5.06 Å². The molecule has 1 N–H and O–H groups in total. The van der Waals surface area contributed by atoms with Gasteiger partial charge in [0.05, 0.1) is 13.0 Å². The zero-order valence-electron chi connectivity index (χ0n) is 8.54. The fourth-order valence-electron chi connectivity index (χ4n) is 1.56. The van der Waals surface area contributed by atoms with Crippen LogP contribution in [0.3, 0.4) is 0 Å². The number of amides is 1. The molecule has 2 atom stereocenters. The van der Waals surface area contributed by atoms with Crippen LogP contribution in [0.4, 0.5) is 0 Å². The Kier molecular flexibility index (Phi) is 3.69. The summed E-state index contributed by atoms with van der Waals surface area (Å²) in [6.07, 6.45) is 2.02. The predicted octanol–water partition coefficient (Wildman–Crippen LogP) is 0.394. The van der Waals surface area contributed by atoms with Gasteiger partial charge in [-0.05, 0) is 19.8 Å². The third-order valence-electron chi connectivity index (χ3n) is 2.59. The van der Waals surface area contributed by atoms with Crippen molar-refractivity contribution in [2.24, 2.45) is 5.92 Å². The molecule has 2 unspecified atom stereocenters. The van der Waals surface area contributed by atoms with Crippen LogP contribution >= 0.6 is 0 Å². The van der Waals surface area contributed by atoms with Crippen molar-refractivity contribution >= 4 is 5.91 Å². The summed E-state index contributed by atoms with van der Waals surface area (Å²) >= 11 is 0. The number of hydrogen-bond acceptors (Lipinski definition) is 3. The van der Waals surface area contributed by atoms with Crippen molar-refractivity contribution in [2.45, 2.75) is 25.8 Å². The minimum absolute atomic E-state index is 0.0712. The van der Waals surface area contributed by atoms with Crippen LogP contribution in [0.25, 0.3) is 0 Å².